The molecule has 4 rings (SSSR count). The molecule has 190 valence electrons. The molecule has 0 N–H and O–H groups in total. The van der Waals surface area contributed by atoms with Gasteiger partial charge in [-0.05, 0) is 112 Å². The summed E-state index contributed by atoms with van der Waals surface area (Å²) in [5.41, 5.74) is 0. The minimum atomic E-state index is -0.962. The monoisotopic (exact) mass is 474 g/mol. The van der Waals surface area contributed by atoms with Gasteiger partial charge < -0.3 is 9.47 Å². The van der Waals surface area contributed by atoms with E-state index in [4.69, 9.17) is 9.47 Å². The number of rotatable bonds is 9. The lowest BCUT2D eigenvalue weighted by Gasteiger charge is -2.41. The van der Waals surface area contributed by atoms with E-state index in [-0.39, 0.29) is 11.5 Å². The van der Waals surface area contributed by atoms with E-state index in [1.54, 1.807) is 6.92 Å². The summed E-state index contributed by atoms with van der Waals surface area (Å²) in [6.45, 7) is 4.83. The molecule has 0 radical (unpaired) electrons. The van der Waals surface area contributed by atoms with Crippen LogP contribution < -0.4 is 9.47 Å². The average Bonchev–Trinajstić information content (AvgIpc) is 2.86. The minimum absolute atomic E-state index is 0.0118. The van der Waals surface area contributed by atoms with Crippen molar-refractivity contribution in [2.45, 2.75) is 90.9 Å². The third-order valence-electron chi connectivity index (χ3n) is 8.79. The lowest BCUT2D eigenvalue weighted by atomic mass is 9.64. The molecule has 0 bridgehead atoms. The molecule has 0 heterocycles. The Morgan fingerprint density at radius 2 is 1.32 bits per heavy atom. The highest BCUT2D eigenvalue weighted by Gasteiger charge is 2.34. The molecule has 1 aromatic carbocycles. The van der Waals surface area contributed by atoms with Crippen molar-refractivity contribution in [1.82, 2.24) is 0 Å². The topological polar surface area (TPSA) is 18.5 Å². The molecule has 1 aromatic rings. The van der Waals surface area contributed by atoms with E-state index in [2.05, 4.69) is 19.1 Å². The van der Waals surface area contributed by atoms with Gasteiger partial charge >= 0.3 is 0 Å². The van der Waals surface area contributed by atoms with Crippen molar-refractivity contribution >= 4 is 0 Å². The SMILES string of the molecule is CCCC1CCC2CC(C=CC3CCC(COc4ccc(OCC)c(F)c4F)CC3)CCC2C1. The Balaban J connectivity index is 1.17. The van der Waals surface area contributed by atoms with Gasteiger partial charge in [0.05, 0.1) is 13.2 Å². The number of hydrogen-bond acceptors (Lipinski definition) is 2. The summed E-state index contributed by atoms with van der Waals surface area (Å²) in [5, 5.41) is 0. The maximum Gasteiger partial charge on any atom is 0.204 e. The van der Waals surface area contributed by atoms with Crippen LogP contribution >= 0.6 is 0 Å². The molecule has 3 fully saturated rings. The molecule has 3 aliphatic carbocycles. The van der Waals surface area contributed by atoms with Crippen LogP contribution in [0.25, 0.3) is 0 Å². The van der Waals surface area contributed by atoms with Crippen LogP contribution in [0.3, 0.4) is 0 Å². The highest BCUT2D eigenvalue weighted by molar-refractivity contribution is 5.35. The molecule has 3 aliphatic rings. The van der Waals surface area contributed by atoms with Gasteiger partial charge in [0.1, 0.15) is 0 Å². The second-order valence-corrected chi connectivity index (χ2v) is 11.2. The second-order valence-electron chi connectivity index (χ2n) is 11.2. The number of ether oxygens (including phenoxy) is 2. The first kappa shape index (κ1) is 25.5. The van der Waals surface area contributed by atoms with E-state index in [1.807, 2.05) is 0 Å². The van der Waals surface area contributed by atoms with Crippen LogP contribution in [0.2, 0.25) is 0 Å². The Morgan fingerprint density at radius 1 is 0.735 bits per heavy atom. The van der Waals surface area contributed by atoms with E-state index in [1.165, 1.54) is 76.3 Å². The van der Waals surface area contributed by atoms with E-state index in [0.717, 1.165) is 36.5 Å². The van der Waals surface area contributed by atoms with Gasteiger partial charge in [-0.25, -0.2) is 0 Å². The molecule has 0 aliphatic heterocycles. The summed E-state index contributed by atoms with van der Waals surface area (Å²) in [4.78, 5) is 0. The summed E-state index contributed by atoms with van der Waals surface area (Å²) in [7, 11) is 0. The van der Waals surface area contributed by atoms with Crippen molar-refractivity contribution in [2.24, 2.45) is 35.5 Å². The molecule has 0 spiro atoms. The van der Waals surface area contributed by atoms with Crippen LogP contribution in [0.1, 0.15) is 90.9 Å². The normalized spacial score (nSPS) is 31.9. The van der Waals surface area contributed by atoms with Gasteiger partial charge in [-0.3, -0.25) is 0 Å². The number of fused-ring (bicyclic) bond motifs is 1. The van der Waals surface area contributed by atoms with Crippen molar-refractivity contribution in [1.29, 1.82) is 0 Å². The molecule has 4 unspecified atom stereocenters. The Bertz CT molecular complexity index is 799. The van der Waals surface area contributed by atoms with E-state index < -0.39 is 11.6 Å². The van der Waals surface area contributed by atoms with Crippen molar-refractivity contribution in [3.8, 4) is 11.5 Å². The summed E-state index contributed by atoms with van der Waals surface area (Å²) in [6, 6.07) is 2.92. The van der Waals surface area contributed by atoms with Gasteiger partial charge in [-0.2, -0.15) is 8.78 Å². The molecule has 0 saturated heterocycles. The zero-order chi connectivity index (χ0) is 23.9. The fourth-order valence-electron chi connectivity index (χ4n) is 6.83. The minimum Gasteiger partial charge on any atom is -0.491 e. The Labute approximate surface area is 205 Å². The van der Waals surface area contributed by atoms with Crippen LogP contribution in [-0.4, -0.2) is 13.2 Å². The predicted molar refractivity (Wildman–Crippen MR) is 134 cm³/mol. The van der Waals surface area contributed by atoms with Gasteiger partial charge in [0.15, 0.2) is 11.5 Å². The van der Waals surface area contributed by atoms with Gasteiger partial charge in [-0.1, -0.05) is 38.3 Å². The van der Waals surface area contributed by atoms with Crippen molar-refractivity contribution in [3.63, 3.8) is 0 Å². The molecular weight excluding hydrogens is 430 g/mol. The third kappa shape index (κ3) is 6.55. The average molecular weight is 475 g/mol. The largest absolute Gasteiger partial charge is 0.491 e. The van der Waals surface area contributed by atoms with Crippen molar-refractivity contribution in [2.75, 3.05) is 13.2 Å². The number of allylic oxidation sites excluding steroid dienone is 2. The van der Waals surface area contributed by atoms with Gasteiger partial charge in [0.25, 0.3) is 0 Å². The summed E-state index contributed by atoms with van der Waals surface area (Å²) >= 11 is 0. The zero-order valence-corrected chi connectivity index (χ0v) is 21.2. The van der Waals surface area contributed by atoms with E-state index in [9.17, 15) is 8.78 Å². The Hall–Kier alpha value is -1.58. The maximum atomic E-state index is 14.2. The van der Waals surface area contributed by atoms with Crippen molar-refractivity contribution in [3.05, 3.63) is 35.9 Å². The lowest BCUT2D eigenvalue weighted by Crippen LogP contribution is -2.30. The first-order valence-electron chi connectivity index (χ1n) is 14.0. The first-order chi connectivity index (χ1) is 16.6. The Morgan fingerprint density at radius 3 is 2.03 bits per heavy atom. The van der Waals surface area contributed by atoms with E-state index in [0.29, 0.717) is 25.0 Å². The number of halogens is 2. The fraction of sp³-hybridized carbons (Fsp3) is 0.733. The summed E-state index contributed by atoms with van der Waals surface area (Å²) in [6.07, 6.45) is 21.0. The van der Waals surface area contributed by atoms with Crippen LogP contribution in [0.5, 0.6) is 11.5 Å². The highest BCUT2D eigenvalue weighted by Crippen LogP contribution is 2.46. The van der Waals surface area contributed by atoms with Crippen LogP contribution in [0, 0.1) is 47.1 Å². The molecule has 2 nitrogen and oxygen atoms in total. The van der Waals surface area contributed by atoms with Crippen LogP contribution in [-0.2, 0) is 0 Å². The van der Waals surface area contributed by atoms with Crippen molar-refractivity contribution < 1.29 is 18.3 Å². The molecule has 3 saturated carbocycles. The molecule has 34 heavy (non-hydrogen) atoms. The standard InChI is InChI=1S/C30H44F2O2/c1-3-5-22-12-14-26-19-23(13-15-25(26)18-22)9-6-21-7-10-24(11-8-21)20-34-28-17-16-27(33-4-2)29(31)30(28)32/h6,9,16-17,21-26H,3-5,7-8,10-15,18-20H2,1-2H3. The first-order valence-corrected chi connectivity index (χ1v) is 14.0. The fourth-order valence-corrected chi connectivity index (χ4v) is 6.83. The predicted octanol–water partition coefficient (Wildman–Crippen LogP) is 8.74. The van der Waals surface area contributed by atoms with E-state index >= 15 is 0 Å². The molecule has 0 aromatic heterocycles. The molecular formula is C30H44F2O2. The van der Waals surface area contributed by atoms with Crippen LogP contribution in [0.4, 0.5) is 8.78 Å². The number of benzene rings is 1. The molecule has 4 heteroatoms. The second kappa shape index (κ2) is 12.4. The lowest BCUT2D eigenvalue weighted by molar-refractivity contribution is 0.107. The quantitative estimate of drug-likeness (QED) is 0.333. The van der Waals surface area contributed by atoms with Crippen LogP contribution in [0.15, 0.2) is 24.3 Å². The summed E-state index contributed by atoms with van der Waals surface area (Å²) < 4.78 is 39.1. The smallest absolute Gasteiger partial charge is 0.204 e. The third-order valence-corrected chi connectivity index (χ3v) is 8.79. The zero-order valence-electron chi connectivity index (χ0n) is 21.2. The van der Waals surface area contributed by atoms with Gasteiger partial charge in [0.2, 0.25) is 11.6 Å². The van der Waals surface area contributed by atoms with Gasteiger partial charge in [-0.15, -0.1) is 0 Å². The number of hydrogen-bond donors (Lipinski definition) is 0. The molecule has 4 atom stereocenters. The Kier molecular flexibility index (Phi) is 9.31. The maximum absolute atomic E-state index is 14.2. The highest BCUT2D eigenvalue weighted by atomic mass is 19.2. The molecule has 0 amide bonds. The summed E-state index contributed by atoms with van der Waals surface area (Å²) in [5.74, 6) is 2.84. The van der Waals surface area contributed by atoms with Gasteiger partial charge in [0, 0.05) is 0 Å².